The van der Waals surface area contributed by atoms with Gasteiger partial charge in [0.15, 0.2) is 12.0 Å². The maximum absolute atomic E-state index is 13.0. The predicted octanol–water partition coefficient (Wildman–Crippen LogP) is 0.834. The highest BCUT2D eigenvalue weighted by Gasteiger charge is 2.39. The lowest BCUT2D eigenvalue weighted by molar-refractivity contribution is -0.127. The summed E-state index contributed by atoms with van der Waals surface area (Å²) in [6, 6.07) is 9.30. The van der Waals surface area contributed by atoms with E-state index in [1.54, 1.807) is 16.0 Å². The number of aromatic amines is 1. The van der Waals surface area contributed by atoms with Crippen LogP contribution in [0.15, 0.2) is 36.5 Å². The predicted molar refractivity (Wildman–Crippen MR) is 102 cm³/mol. The number of carbonyl (C=O) groups excluding carboxylic acids is 1. The highest BCUT2D eigenvalue weighted by Crippen LogP contribution is 2.27. The van der Waals surface area contributed by atoms with Gasteiger partial charge in [-0.15, -0.1) is 10.2 Å². The molecule has 0 radical (unpaired) electrons. The monoisotopic (exact) mass is 374 g/mol. The summed E-state index contributed by atoms with van der Waals surface area (Å²) in [5.41, 5.74) is 2.55. The highest BCUT2D eigenvalue weighted by molar-refractivity contribution is 5.97. The number of hydrogen-bond donors (Lipinski definition) is 1. The topological polar surface area (TPSA) is 105 Å². The molecule has 0 aliphatic carbocycles. The van der Waals surface area contributed by atoms with Crippen LogP contribution >= 0.6 is 0 Å². The molecule has 0 bridgehead atoms. The van der Waals surface area contributed by atoms with E-state index in [0.29, 0.717) is 25.5 Å². The van der Waals surface area contributed by atoms with E-state index >= 15 is 0 Å². The summed E-state index contributed by atoms with van der Waals surface area (Å²) >= 11 is 0. The molecule has 5 rings (SSSR count). The number of fused-ring (bicyclic) bond motifs is 2. The quantitative estimate of drug-likeness (QED) is 0.663. The molecule has 0 saturated carbocycles. The van der Waals surface area contributed by atoms with Crippen LogP contribution in [-0.2, 0) is 4.79 Å². The Kier molecular flexibility index (Phi) is 3.91. The van der Waals surface area contributed by atoms with Gasteiger partial charge in [-0.05, 0) is 12.1 Å². The van der Waals surface area contributed by atoms with Crippen LogP contribution in [0.5, 0.6) is 0 Å². The van der Waals surface area contributed by atoms with Crippen LogP contribution < -0.4 is 4.90 Å². The zero-order chi connectivity index (χ0) is 19.1. The van der Waals surface area contributed by atoms with Crippen molar-refractivity contribution in [3.8, 4) is 17.5 Å². The number of aromatic nitrogens is 4. The van der Waals surface area contributed by atoms with Crippen LogP contribution in [0.2, 0.25) is 0 Å². The molecule has 28 heavy (non-hydrogen) atoms. The van der Waals surface area contributed by atoms with Crippen molar-refractivity contribution in [1.29, 1.82) is 5.26 Å². The maximum Gasteiger partial charge on any atom is 0.247 e. The normalized spacial score (nSPS) is 20.2. The molecule has 2 fully saturated rings. The summed E-state index contributed by atoms with van der Waals surface area (Å²) in [6.45, 7) is 3.18. The minimum absolute atomic E-state index is 0.0241. The third-order valence-corrected chi connectivity index (χ3v) is 5.47. The van der Waals surface area contributed by atoms with E-state index in [2.05, 4.69) is 31.5 Å². The van der Waals surface area contributed by atoms with Gasteiger partial charge in [-0.3, -0.25) is 19.7 Å². The van der Waals surface area contributed by atoms with Crippen molar-refractivity contribution in [1.82, 2.24) is 30.2 Å². The van der Waals surface area contributed by atoms with E-state index in [0.717, 1.165) is 35.2 Å². The first-order valence-electron chi connectivity index (χ1n) is 9.21. The van der Waals surface area contributed by atoms with Gasteiger partial charge in [-0.25, -0.2) is 0 Å². The number of amides is 1. The lowest BCUT2D eigenvalue weighted by atomic mass is 10.1. The Morgan fingerprint density at radius 3 is 2.82 bits per heavy atom. The number of nitriles is 1. The van der Waals surface area contributed by atoms with Crippen LogP contribution in [-0.4, -0.2) is 74.9 Å². The Bertz CT molecular complexity index is 1070. The Morgan fingerprint density at radius 1 is 1.11 bits per heavy atom. The minimum atomic E-state index is -0.303. The van der Waals surface area contributed by atoms with Gasteiger partial charge in [0.1, 0.15) is 6.04 Å². The van der Waals surface area contributed by atoms with E-state index in [-0.39, 0.29) is 11.9 Å². The van der Waals surface area contributed by atoms with Crippen LogP contribution in [0.1, 0.15) is 0 Å². The first-order chi connectivity index (χ1) is 13.7. The van der Waals surface area contributed by atoms with Gasteiger partial charge in [0.05, 0.1) is 24.0 Å². The van der Waals surface area contributed by atoms with Gasteiger partial charge >= 0.3 is 0 Å². The summed E-state index contributed by atoms with van der Waals surface area (Å²) in [7, 11) is 0. The third-order valence-electron chi connectivity index (χ3n) is 5.47. The van der Waals surface area contributed by atoms with Gasteiger partial charge in [-0.2, -0.15) is 10.4 Å². The largest absolute Gasteiger partial charge is 0.307 e. The zero-order valence-electron chi connectivity index (χ0n) is 15.1. The van der Waals surface area contributed by atoms with Crippen molar-refractivity contribution in [3.63, 3.8) is 0 Å². The first kappa shape index (κ1) is 16.6. The van der Waals surface area contributed by atoms with Crippen molar-refractivity contribution in [3.05, 3.63) is 36.5 Å². The van der Waals surface area contributed by atoms with Gasteiger partial charge in [-0.1, -0.05) is 18.2 Å². The van der Waals surface area contributed by atoms with Crippen molar-refractivity contribution in [2.24, 2.45) is 0 Å². The summed E-state index contributed by atoms with van der Waals surface area (Å²) in [6.07, 6.45) is 3.92. The fourth-order valence-electron chi connectivity index (χ4n) is 3.95. The van der Waals surface area contributed by atoms with Crippen LogP contribution in [0.3, 0.4) is 0 Å². The molecule has 1 amide bonds. The number of rotatable bonds is 2. The Hall–Kier alpha value is -3.51. The number of nitrogens with one attached hydrogen (secondary N) is 1. The average molecular weight is 374 g/mol. The van der Waals surface area contributed by atoms with E-state index < -0.39 is 0 Å². The number of hydrogen-bond acceptors (Lipinski definition) is 7. The zero-order valence-corrected chi connectivity index (χ0v) is 15.1. The van der Waals surface area contributed by atoms with E-state index in [1.165, 1.54) is 0 Å². The lowest BCUT2D eigenvalue weighted by Crippen LogP contribution is -2.64. The first-order valence-corrected chi connectivity index (χ1v) is 9.21. The molecule has 3 aromatic rings. The molecule has 9 nitrogen and oxygen atoms in total. The van der Waals surface area contributed by atoms with Gasteiger partial charge in [0, 0.05) is 37.1 Å². The molecule has 1 N–H and O–H groups in total. The van der Waals surface area contributed by atoms with Gasteiger partial charge < -0.3 is 4.90 Å². The molecular weight excluding hydrogens is 356 g/mol. The molecular formula is C19H18N8O. The highest BCUT2D eigenvalue weighted by atomic mass is 16.2. The number of nitrogens with zero attached hydrogens (tertiary/aromatic N) is 7. The minimum Gasteiger partial charge on any atom is -0.307 e. The summed E-state index contributed by atoms with van der Waals surface area (Å²) in [5.74, 6) is 0.517. The molecule has 2 aliphatic rings. The molecule has 2 aliphatic heterocycles. The van der Waals surface area contributed by atoms with Gasteiger partial charge in [0.25, 0.3) is 0 Å². The second-order valence-electron chi connectivity index (χ2n) is 7.00. The molecule has 2 aromatic heterocycles. The second kappa shape index (κ2) is 6.58. The molecule has 1 aromatic carbocycles. The summed E-state index contributed by atoms with van der Waals surface area (Å²) in [5, 5.41) is 25.9. The third kappa shape index (κ3) is 2.66. The average Bonchev–Trinajstić information content (AvgIpc) is 3.23. The fourth-order valence-corrected chi connectivity index (χ4v) is 3.95. The van der Waals surface area contributed by atoms with Crippen molar-refractivity contribution >= 4 is 22.6 Å². The van der Waals surface area contributed by atoms with Crippen molar-refractivity contribution in [2.75, 3.05) is 37.6 Å². The second-order valence-corrected chi connectivity index (χ2v) is 7.00. The number of anilines is 1. The standard InChI is InChI=1S/C19H18N8O/c20-12-25-6-7-26-8-9-27(19(28)16(26)11-25)17-5-4-15(22-23-17)14-3-1-2-13-10-21-24-18(13)14/h1-5,10,16H,6-9,11H2,(H,21,24). The van der Waals surface area contributed by atoms with E-state index in [1.807, 2.05) is 30.3 Å². The molecule has 4 heterocycles. The molecule has 140 valence electrons. The number of piperazine rings is 2. The fraction of sp³-hybridized carbons (Fsp3) is 0.316. The van der Waals surface area contributed by atoms with Crippen LogP contribution in [0, 0.1) is 11.5 Å². The number of carbonyl (C=O) groups is 1. The van der Waals surface area contributed by atoms with E-state index in [9.17, 15) is 4.79 Å². The molecule has 2 saturated heterocycles. The molecule has 0 spiro atoms. The molecule has 1 unspecified atom stereocenters. The SMILES string of the molecule is N#CN1CCN2CCN(c3ccc(-c4cccc5cn[nH]c45)nn3)C(=O)C2C1. The maximum atomic E-state index is 13.0. The summed E-state index contributed by atoms with van der Waals surface area (Å²) < 4.78 is 0. The van der Waals surface area contributed by atoms with E-state index in [4.69, 9.17) is 5.26 Å². The van der Waals surface area contributed by atoms with Crippen molar-refractivity contribution < 1.29 is 4.79 Å². The Balaban J connectivity index is 1.41. The van der Waals surface area contributed by atoms with Crippen molar-refractivity contribution in [2.45, 2.75) is 6.04 Å². The smallest absolute Gasteiger partial charge is 0.247 e. The number of benzene rings is 1. The summed E-state index contributed by atoms with van der Waals surface area (Å²) in [4.78, 5) is 18.4. The molecule has 9 heteroatoms. The number of H-pyrrole nitrogens is 1. The molecule has 1 atom stereocenters. The van der Waals surface area contributed by atoms with Crippen LogP contribution in [0.25, 0.3) is 22.2 Å². The number of para-hydroxylation sites is 1. The Labute approximate surface area is 161 Å². The van der Waals surface area contributed by atoms with Gasteiger partial charge in [0.2, 0.25) is 5.91 Å². The van der Waals surface area contributed by atoms with Crippen LogP contribution in [0.4, 0.5) is 5.82 Å². The lowest BCUT2D eigenvalue weighted by Gasteiger charge is -2.44. The Morgan fingerprint density at radius 2 is 2.00 bits per heavy atom.